The number of rotatable bonds is 7. The molecule has 1 aliphatic rings. The lowest BCUT2D eigenvalue weighted by Crippen LogP contribution is -2.40. The Bertz CT molecular complexity index is 609. The van der Waals surface area contributed by atoms with E-state index in [0.717, 1.165) is 31.6 Å². The predicted octanol–water partition coefficient (Wildman–Crippen LogP) is 1.31. The number of likely N-dealkylation sites (tertiary alicyclic amines) is 1. The van der Waals surface area contributed by atoms with Crippen LogP contribution in [0.5, 0.6) is 0 Å². The summed E-state index contributed by atoms with van der Waals surface area (Å²) in [6.45, 7) is 8.55. The molecular formula is C15H28N4O2S. The van der Waals surface area contributed by atoms with E-state index in [2.05, 4.69) is 21.6 Å². The molecule has 1 atom stereocenters. The van der Waals surface area contributed by atoms with Gasteiger partial charge in [-0.1, -0.05) is 20.8 Å². The molecule has 0 saturated carbocycles. The van der Waals surface area contributed by atoms with E-state index in [9.17, 15) is 8.42 Å². The third kappa shape index (κ3) is 3.36. The molecule has 0 spiro atoms. The van der Waals surface area contributed by atoms with Crippen LogP contribution in [0, 0.1) is 0 Å². The first kappa shape index (κ1) is 17.4. The predicted molar refractivity (Wildman–Crippen MR) is 87.4 cm³/mol. The molecule has 1 fully saturated rings. The minimum Gasteiger partial charge on any atom is -0.299 e. The van der Waals surface area contributed by atoms with E-state index >= 15 is 0 Å². The van der Waals surface area contributed by atoms with E-state index in [1.165, 1.54) is 0 Å². The second-order valence-corrected chi connectivity index (χ2v) is 7.53. The number of hydrogen-bond acceptors (Lipinski definition) is 4. The molecule has 0 bridgehead atoms. The largest absolute Gasteiger partial charge is 0.299 e. The maximum absolute atomic E-state index is 12.8. The fourth-order valence-electron chi connectivity index (χ4n) is 3.35. The molecule has 1 aromatic rings. The molecular weight excluding hydrogens is 300 g/mol. The summed E-state index contributed by atoms with van der Waals surface area (Å²) in [7, 11) is -1.69. The van der Waals surface area contributed by atoms with Gasteiger partial charge in [-0.25, -0.2) is 13.1 Å². The smallest absolute Gasteiger partial charge is 0.244 e. The van der Waals surface area contributed by atoms with Crippen LogP contribution in [0.3, 0.4) is 0 Å². The SMILES string of the molecule is CCc1nn(C)c(CC)c1S(=O)(=O)NC[C@H]1CCCN1CC. The summed E-state index contributed by atoms with van der Waals surface area (Å²) in [6.07, 6.45) is 3.48. The van der Waals surface area contributed by atoms with Gasteiger partial charge in [0, 0.05) is 19.6 Å². The van der Waals surface area contributed by atoms with Gasteiger partial charge in [-0.2, -0.15) is 5.10 Å². The molecule has 2 heterocycles. The van der Waals surface area contributed by atoms with Crippen molar-refractivity contribution in [3.05, 3.63) is 11.4 Å². The monoisotopic (exact) mass is 328 g/mol. The number of aryl methyl sites for hydroxylation is 2. The molecule has 0 radical (unpaired) electrons. The van der Waals surface area contributed by atoms with E-state index < -0.39 is 10.0 Å². The molecule has 7 heteroatoms. The fraction of sp³-hybridized carbons (Fsp3) is 0.800. The van der Waals surface area contributed by atoms with Crippen molar-refractivity contribution < 1.29 is 8.42 Å². The molecule has 0 aliphatic carbocycles. The summed E-state index contributed by atoms with van der Waals surface area (Å²) < 4.78 is 30.1. The highest BCUT2D eigenvalue weighted by Crippen LogP contribution is 2.22. The van der Waals surface area contributed by atoms with Gasteiger partial charge in [0.25, 0.3) is 0 Å². The lowest BCUT2D eigenvalue weighted by molar-refractivity contribution is 0.268. The number of nitrogens with one attached hydrogen (secondary N) is 1. The van der Waals surface area contributed by atoms with Gasteiger partial charge >= 0.3 is 0 Å². The topological polar surface area (TPSA) is 67.2 Å². The fourth-order valence-corrected chi connectivity index (χ4v) is 4.99. The Morgan fingerprint density at radius 2 is 2.00 bits per heavy atom. The molecule has 0 amide bonds. The van der Waals surface area contributed by atoms with E-state index in [1.54, 1.807) is 4.68 Å². The van der Waals surface area contributed by atoms with Crippen LogP contribution in [-0.2, 0) is 29.9 Å². The molecule has 6 nitrogen and oxygen atoms in total. The van der Waals surface area contributed by atoms with Crippen LogP contribution in [0.2, 0.25) is 0 Å². The van der Waals surface area contributed by atoms with Crippen molar-refractivity contribution in [1.82, 2.24) is 19.4 Å². The minimum atomic E-state index is -3.50. The van der Waals surface area contributed by atoms with Crippen molar-refractivity contribution in [2.45, 2.75) is 57.4 Å². The summed E-state index contributed by atoms with van der Waals surface area (Å²) in [4.78, 5) is 2.73. The zero-order chi connectivity index (χ0) is 16.3. The highest BCUT2D eigenvalue weighted by molar-refractivity contribution is 7.89. The van der Waals surface area contributed by atoms with E-state index in [-0.39, 0.29) is 0 Å². The van der Waals surface area contributed by atoms with Crippen molar-refractivity contribution in [1.29, 1.82) is 0 Å². The molecule has 22 heavy (non-hydrogen) atoms. The first-order valence-electron chi connectivity index (χ1n) is 8.23. The first-order valence-corrected chi connectivity index (χ1v) is 9.71. The van der Waals surface area contributed by atoms with Crippen molar-refractivity contribution >= 4 is 10.0 Å². The molecule has 0 aromatic carbocycles. The highest BCUT2D eigenvalue weighted by Gasteiger charge is 2.29. The van der Waals surface area contributed by atoms with Gasteiger partial charge in [-0.05, 0) is 38.8 Å². The van der Waals surface area contributed by atoms with Crippen LogP contribution in [-0.4, -0.2) is 48.8 Å². The van der Waals surface area contributed by atoms with E-state index in [0.29, 0.717) is 36.0 Å². The maximum atomic E-state index is 12.8. The van der Waals surface area contributed by atoms with Crippen molar-refractivity contribution in [3.8, 4) is 0 Å². The average molecular weight is 328 g/mol. The summed E-state index contributed by atoms with van der Waals surface area (Å²) in [5.41, 5.74) is 1.44. The Kier molecular flexibility index (Phi) is 5.63. The third-order valence-electron chi connectivity index (χ3n) is 4.54. The van der Waals surface area contributed by atoms with Crippen LogP contribution in [0.4, 0.5) is 0 Å². The molecule has 126 valence electrons. The van der Waals surface area contributed by atoms with Gasteiger partial charge in [-0.15, -0.1) is 0 Å². The van der Waals surface area contributed by atoms with Gasteiger partial charge < -0.3 is 0 Å². The van der Waals surface area contributed by atoms with Crippen molar-refractivity contribution in [2.75, 3.05) is 19.6 Å². The summed E-state index contributed by atoms with van der Waals surface area (Å²) >= 11 is 0. The second-order valence-electron chi connectivity index (χ2n) is 5.83. The highest BCUT2D eigenvalue weighted by atomic mass is 32.2. The van der Waals surface area contributed by atoms with Crippen LogP contribution in [0.1, 0.15) is 45.0 Å². The zero-order valence-corrected chi connectivity index (χ0v) is 14.9. The molecule has 0 unspecified atom stereocenters. The van der Waals surface area contributed by atoms with Crippen LogP contribution in [0.15, 0.2) is 4.90 Å². The second kappa shape index (κ2) is 7.10. The number of nitrogens with zero attached hydrogens (tertiary/aromatic N) is 3. The first-order chi connectivity index (χ1) is 10.4. The molecule has 1 saturated heterocycles. The van der Waals surface area contributed by atoms with Crippen molar-refractivity contribution in [3.63, 3.8) is 0 Å². The molecule has 1 N–H and O–H groups in total. The van der Waals surface area contributed by atoms with Crippen LogP contribution >= 0.6 is 0 Å². The Labute approximate surface area is 133 Å². The van der Waals surface area contributed by atoms with Gasteiger partial charge in [-0.3, -0.25) is 9.58 Å². The standard InChI is InChI=1S/C15H28N4O2S/c1-5-13-15(14(6-2)18(4)17-13)22(20,21)16-11-12-9-8-10-19(12)7-3/h12,16H,5-11H2,1-4H3/t12-/m1/s1. The minimum absolute atomic E-state index is 0.312. The van der Waals surface area contributed by atoms with Gasteiger partial charge in [0.15, 0.2) is 0 Å². The van der Waals surface area contributed by atoms with Gasteiger partial charge in [0.2, 0.25) is 10.0 Å². The Morgan fingerprint density at radius 3 is 2.59 bits per heavy atom. The lowest BCUT2D eigenvalue weighted by atomic mass is 10.2. The van der Waals surface area contributed by atoms with Crippen LogP contribution < -0.4 is 4.72 Å². The third-order valence-corrected chi connectivity index (χ3v) is 6.09. The summed E-state index contributed by atoms with van der Waals surface area (Å²) in [6, 6.07) is 0.312. The average Bonchev–Trinajstić information content (AvgIpc) is 3.08. The number of sulfonamides is 1. The van der Waals surface area contributed by atoms with Crippen LogP contribution in [0.25, 0.3) is 0 Å². The Hall–Kier alpha value is -0.920. The summed E-state index contributed by atoms with van der Waals surface area (Å²) in [5, 5.41) is 4.36. The molecule has 1 aromatic heterocycles. The van der Waals surface area contributed by atoms with Crippen molar-refractivity contribution in [2.24, 2.45) is 7.05 Å². The maximum Gasteiger partial charge on any atom is 0.244 e. The lowest BCUT2D eigenvalue weighted by Gasteiger charge is -2.23. The number of aromatic nitrogens is 2. The quantitative estimate of drug-likeness (QED) is 0.819. The molecule has 1 aliphatic heterocycles. The normalized spacial score (nSPS) is 19.9. The zero-order valence-electron chi connectivity index (χ0n) is 14.1. The number of likely N-dealkylation sites (N-methyl/N-ethyl adjacent to an activating group) is 1. The van der Waals surface area contributed by atoms with Gasteiger partial charge in [0.05, 0.1) is 11.4 Å². The summed E-state index contributed by atoms with van der Waals surface area (Å²) in [5.74, 6) is 0. The van der Waals surface area contributed by atoms with Gasteiger partial charge in [0.1, 0.15) is 4.90 Å². The van der Waals surface area contributed by atoms with E-state index in [4.69, 9.17) is 0 Å². The molecule has 2 rings (SSSR count). The number of hydrogen-bond donors (Lipinski definition) is 1. The Morgan fingerprint density at radius 1 is 1.27 bits per heavy atom. The van der Waals surface area contributed by atoms with E-state index in [1.807, 2.05) is 20.9 Å². The Balaban J connectivity index is 2.20.